The van der Waals surface area contributed by atoms with Gasteiger partial charge in [-0.1, -0.05) is 66.2 Å². The van der Waals surface area contributed by atoms with Crippen LogP contribution in [-0.2, 0) is 27.3 Å². The van der Waals surface area contributed by atoms with Gasteiger partial charge in [0.05, 0.1) is 18.7 Å². The molecule has 1 unspecified atom stereocenters. The molecule has 1 atom stereocenters. The summed E-state index contributed by atoms with van der Waals surface area (Å²) in [4.78, 5) is 43.2. The third kappa shape index (κ3) is 6.76. The zero-order valence-electron chi connectivity index (χ0n) is 24.2. The molecule has 2 amide bonds. The van der Waals surface area contributed by atoms with Gasteiger partial charge in [0, 0.05) is 41.7 Å². The highest BCUT2D eigenvalue weighted by molar-refractivity contribution is 6.30. The van der Waals surface area contributed by atoms with Crippen molar-refractivity contribution in [3.05, 3.63) is 117 Å². The molecule has 3 aromatic carbocycles. The molecule has 218 valence electrons. The number of nitrogens with zero attached hydrogens (tertiary/aromatic N) is 2. The fraction of sp³-hybridized carbons (Fsp3) is 0.343. The number of hydrogen-bond donors (Lipinski definition) is 0. The van der Waals surface area contributed by atoms with E-state index in [1.165, 1.54) is 5.56 Å². The van der Waals surface area contributed by atoms with E-state index < -0.39 is 11.9 Å². The Labute approximate surface area is 252 Å². The van der Waals surface area contributed by atoms with E-state index in [1.807, 2.05) is 47.4 Å². The lowest BCUT2D eigenvalue weighted by atomic mass is 9.83. The predicted octanol–water partition coefficient (Wildman–Crippen LogP) is 6.79. The van der Waals surface area contributed by atoms with E-state index in [0.29, 0.717) is 34.3 Å². The number of halogens is 1. The first-order valence-corrected chi connectivity index (χ1v) is 15.1. The Morgan fingerprint density at radius 2 is 1.57 bits per heavy atom. The number of hydrogen-bond acceptors (Lipinski definition) is 4. The Morgan fingerprint density at radius 1 is 0.905 bits per heavy atom. The number of esters is 1. The minimum absolute atomic E-state index is 0.0419. The summed E-state index contributed by atoms with van der Waals surface area (Å²) in [6, 6.07) is 25.2. The minimum Gasteiger partial charge on any atom is -0.463 e. The van der Waals surface area contributed by atoms with Gasteiger partial charge in [-0.3, -0.25) is 9.59 Å². The molecule has 0 spiro atoms. The van der Waals surface area contributed by atoms with Crippen molar-refractivity contribution in [1.82, 2.24) is 9.80 Å². The normalized spacial score (nSPS) is 17.9. The van der Waals surface area contributed by atoms with Crippen molar-refractivity contribution < 1.29 is 19.1 Å². The highest BCUT2D eigenvalue weighted by Gasteiger charge is 2.37. The number of benzene rings is 3. The summed E-state index contributed by atoms with van der Waals surface area (Å²) in [6.07, 6.45) is 3.21. The van der Waals surface area contributed by atoms with Gasteiger partial charge in [-0.05, 0) is 80.0 Å². The molecule has 42 heavy (non-hydrogen) atoms. The highest BCUT2D eigenvalue weighted by Crippen LogP contribution is 2.38. The molecule has 2 heterocycles. The van der Waals surface area contributed by atoms with Gasteiger partial charge >= 0.3 is 5.97 Å². The number of likely N-dealkylation sites (tertiary alicyclic amines) is 1. The quantitative estimate of drug-likeness (QED) is 0.274. The topological polar surface area (TPSA) is 66.9 Å². The van der Waals surface area contributed by atoms with Crippen LogP contribution in [0.1, 0.15) is 66.1 Å². The lowest BCUT2D eigenvalue weighted by molar-refractivity contribution is -0.140. The number of carbonyl (C=O) groups excluding carboxylic acids is 3. The van der Waals surface area contributed by atoms with Crippen LogP contribution in [0.15, 0.2) is 90.1 Å². The van der Waals surface area contributed by atoms with Gasteiger partial charge in [0.2, 0.25) is 5.91 Å². The van der Waals surface area contributed by atoms with Crippen molar-refractivity contribution >= 4 is 29.4 Å². The van der Waals surface area contributed by atoms with Gasteiger partial charge in [0.15, 0.2) is 0 Å². The third-order valence-electron chi connectivity index (χ3n) is 8.40. The van der Waals surface area contributed by atoms with Crippen LogP contribution in [0.2, 0.25) is 5.02 Å². The number of rotatable bonds is 8. The number of carbonyl (C=O) groups is 3. The molecule has 0 bridgehead atoms. The number of amides is 2. The maximum absolute atomic E-state index is 13.4. The van der Waals surface area contributed by atoms with Crippen LogP contribution in [0, 0.1) is 5.92 Å². The number of allylic oxidation sites excluding steroid dienone is 1. The minimum atomic E-state index is -0.416. The second-order valence-corrected chi connectivity index (χ2v) is 11.6. The van der Waals surface area contributed by atoms with E-state index in [0.717, 1.165) is 43.5 Å². The molecule has 3 aromatic rings. The van der Waals surface area contributed by atoms with Crippen molar-refractivity contribution in [2.24, 2.45) is 5.92 Å². The maximum atomic E-state index is 13.4. The Bertz CT molecular complexity index is 1440. The zero-order chi connectivity index (χ0) is 29.6. The molecule has 0 radical (unpaired) electrons. The van der Waals surface area contributed by atoms with Gasteiger partial charge in [-0.25, -0.2) is 4.79 Å². The lowest BCUT2D eigenvalue weighted by Crippen LogP contribution is -2.39. The second kappa shape index (κ2) is 13.4. The zero-order valence-corrected chi connectivity index (χ0v) is 25.0. The summed E-state index contributed by atoms with van der Waals surface area (Å²) in [7, 11) is 0. The van der Waals surface area contributed by atoms with Crippen LogP contribution in [0.3, 0.4) is 0 Å². The largest absolute Gasteiger partial charge is 0.463 e. The van der Waals surface area contributed by atoms with Gasteiger partial charge < -0.3 is 14.5 Å². The first-order chi connectivity index (χ1) is 20.3. The van der Waals surface area contributed by atoms with Crippen LogP contribution in [0.25, 0.3) is 0 Å². The molecule has 6 nitrogen and oxygen atoms in total. The van der Waals surface area contributed by atoms with Crippen LogP contribution >= 0.6 is 11.6 Å². The van der Waals surface area contributed by atoms with Gasteiger partial charge in [-0.2, -0.15) is 0 Å². The molecule has 5 rings (SSSR count). The third-order valence-corrected chi connectivity index (χ3v) is 8.65. The van der Waals surface area contributed by atoms with E-state index in [2.05, 4.69) is 24.3 Å². The summed E-state index contributed by atoms with van der Waals surface area (Å²) in [5, 5.41) is 0.593. The molecule has 0 N–H and O–H groups in total. The molecule has 0 aliphatic carbocycles. The standard InChI is InChI=1S/C35H37ClN2O4/c1-3-42-35(41)33-24(2)38(32(39)22-31(33)28-13-15-30(36)16-14-28)23-27-9-11-29(12-10-27)34(40)37-19-17-26(18-20-37)21-25-7-5-4-6-8-25/h4-16,26,31H,3,17-23H2,1-2H3. The van der Waals surface area contributed by atoms with Crippen molar-refractivity contribution in [2.45, 2.75) is 52.0 Å². The van der Waals surface area contributed by atoms with Crippen LogP contribution < -0.4 is 0 Å². The summed E-state index contributed by atoms with van der Waals surface area (Å²) < 4.78 is 5.39. The summed E-state index contributed by atoms with van der Waals surface area (Å²) in [6.45, 7) is 5.64. The second-order valence-electron chi connectivity index (χ2n) is 11.1. The maximum Gasteiger partial charge on any atom is 0.336 e. The molecule has 2 aliphatic rings. The van der Waals surface area contributed by atoms with Crippen LogP contribution in [-0.4, -0.2) is 47.3 Å². The highest BCUT2D eigenvalue weighted by atomic mass is 35.5. The van der Waals surface area contributed by atoms with Crippen molar-refractivity contribution in [1.29, 1.82) is 0 Å². The Morgan fingerprint density at radius 3 is 2.21 bits per heavy atom. The van der Waals surface area contributed by atoms with Crippen molar-refractivity contribution in [3.8, 4) is 0 Å². The average molecular weight is 585 g/mol. The fourth-order valence-electron chi connectivity index (χ4n) is 6.06. The van der Waals surface area contributed by atoms with Gasteiger partial charge in [0.25, 0.3) is 5.91 Å². The van der Waals surface area contributed by atoms with Crippen molar-refractivity contribution in [3.63, 3.8) is 0 Å². The molecule has 2 aliphatic heterocycles. The Kier molecular flexibility index (Phi) is 9.43. The van der Waals surface area contributed by atoms with Crippen LogP contribution in [0.4, 0.5) is 0 Å². The number of piperidine rings is 1. The summed E-state index contributed by atoms with van der Waals surface area (Å²) in [5.74, 6) is -0.252. The van der Waals surface area contributed by atoms with E-state index >= 15 is 0 Å². The molecule has 0 aromatic heterocycles. The van der Waals surface area contributed by atoms with Crippen LogP contribution in [0.5, 0.6) is 0 Å². The van der Waals surface area contributed by atoms with E-state index in [9.17, 15) is 14.4 Å². The molecular formula is C35H37ClN2O4. The smallest absolute Gasteiger partial charge is 0.336 e. The average Bonchev–Trinajstić information content (AvgIpc) is 3.00. The summed E-state index contributed by atoms with van der Waals surface area (Å²) >= 11 is 6.08. The summed E-state index contributed by atoms with van der Waals surface area (Å²) in [5.41, 5.74) is 4.80. The molecular weight excluding hydrogens is 548 g/mol. The Hall–Kier alpha value is -3.90. The molecule has 7 heteroatoms. The first kappa shape index (κ1) is 29.6. The van der Waals surface area contributed by atoms with E-state index in [-0.39, 0.29) is 24.8 Å². The molecule has 0 saturated carbocycles. The Balaban J connectivity index is 1.26. The predicted molar refractivity (Wildman–Crippen MR) is 164 cm³/mol. The van der Waals surface area contributed by atoms with E-state index in [4.69, 9.17) is 16.3 Å². The fourth-order valence-corrected chi connectivity index (χ4v) is 6.19. The monoisotopic (exact) mass is 584 g/mol. The lowest BCUT2D eigenvalue weighted by Gasteiger charge is -2.34. The first-order valence-electron chi connectivity index (χ1n) is 14.7. The van der Waals surface area contributed by atoms with Gasteiger partial charge in [-0.15, -0.1) is 0 Å². The van der Waals surface area contributed by atoms with E-state index in [1.54, 1.807) is 30.9 Å². The van der Waals surface area contributed by atoms with Gasteiger partial charge in [0.1, 0.15) is 0 Å². The molecule has 1 saturated heterocycles. The SMILES string of the molecule is CCOC(=O)C1=C(C)N(Cc2ccc(C(=O)N3CCC(Cc4ccccc4)CC3)cc2)C(=O)CC1c1ccc(Cl)cc1. The number of ether oxygens (including phenoxy) is 1. The van der Waals surface area contributed by atoms with Crippen molar-refractivity contribution in [2.75, 3.05) is 19.7 Å². The molecule has 1 fully saturated rings.